The van der Waals surface area contributed by atoms with Crippen LogP contribution in [0.15, 0.2) is 0 Å². The van der Waals surface area contributed by atoms with Gasteiger partial charge in [0, 0.05) is 12.6 Å². The Morgan fingerprint density at radius 1 is 1.56 bits per heavy atom. The SMILES string of the molecule is CCOC(=O)CC1CCCN1C(=O)[C@H](C)N. The average Bonchev–Trinajstić information content (AvgIpc) is 2.64. The lowest BCUT2D eigenvalue weighted by atomic mass is 10.1. The van der Waals surface area contributed by atoms with E-state index in [1.165, 1.54) is 0 Å². The molecule has 2 atom stereocenters. The summed E-state index contributed by atoms with van der Waals surface area (Å²) in [5.74, 6) is -0.316. The smallest absolute Gasteiger partial charge is 0.307 e. The van der Waals surface area contributed by atoms with Gasteiger partial charge in [0.05, 0.1) is 19.1 Å². The molecule has 5 nitrogen and oxygen atoms in total. The molecular weight excluding hydrogens is 208 g/mol. The summed E-state index contributed by atoms with van der Waals surface area (Å²) in [5.41, 5.74) is 5.56. The summed E-state index contributed by atoms with van der Waals surface area (Å²) < 4.78 is 4.88. The molecule has 0 bridgehead atoms. The van der Waals surface area contributed by atoms with E-state index in [2.05, 4.69) is 0 Å². The van der Waals surface area contributed by atoms with Crippen LogP contribution in [0.4, 0.5) is 0 Å². The highest BCUT2D eigenvalue weighted by atomic mass is 16.5. The number of hydrogen-bond donors (Lipinski definition) is 1. The van der Waals surface area contributed by atoms with Gasteiger partial charge in [-0.05, 0) is 26.7 Å². The monoisotopic (exact) mass is 228 g/mol. The predicted molar refractivity (Wildman–Crippen MR) is 59.6 cm³/mol. The first kappa shape index (κ1) is 13.0. The molecule has 1 saturated heterocycles. The number of likely N-dealkylation sites (tertiary alicyclic amines) is 1. The van der Waals surface area contributed by atoms with Gasteiger partial charge in [-0.15, -0.1) is 0 Å². The molecule has 1 rings (SSSR count). The van der Waals surface area contributed by atoms with Crippen LogP contribution in [0.25, 0.3) is 0 Å². The number of esters is 1. The summed E-state index contributed by atoms with van der Waals surface area (Å²) in [6.07, 6.45) is 2.08. The number of nitrogens with zero attached hydrogens (tertiary/aromatic N) is 1. The molecule has 0 saturated carbocycles. The van der Waals surface area contributed by atoms with Gasteiger partial charge in [-0.1, -0.05) is 0 Å². The summed E-state index contributed by atoms with van der Waals surface area (Å²) in [4.78, 5) is 24.8. The molecule has 0 aromatic heterocycles. The van der Waals surface area contributed by atoms with E-state index in [0.717, 1.165) is 12.8 Å². The van der Waals surface area contributed by atoms with Crippen molar-refractivity contribution < 1.29 is 14.3 Å². The molecule has 2 N–H and O–H groups in total. The Morgan fingerprint density at radius 2 is 2.25 bits per heavy atom. The van der Waals surface area contributed by atoms with Crippen molar-refractivity contribution in [3.05, 3.63) is 0 Å². The Kier molecular flexibility index (Phi) is 4.73. The fourth-order valence-corrected chi connectivity index (χ4v) is 2.01. The molecule has 0 radical (unpaired) electrons. The zero-order valence-electron chi connectivity index (χ0n) is 9.94. The van der Waals surface area contributed by atoms with Crippen molar-refractivity contribution in [2.75, 3.05) is 13.2 Å². The minimum Gasteiger partial charge on any atom is -0.466 e. The Labute approximate surface area is 95.9 Å². The molecule has 1 aliphatic rings. The second kappa shape index (κ2) is 5.84. The van der Waals surface area contributed by atoms with Crippen molar-refractivity contribution in [2.45, 2.75) is 45.2 Å². The summed E-state index contributed by atoms with van der Waals surface area (Å²) in [5, 5.41) is 0. The van der Waals surface area contributed by atoms with Gasteiger partial charge < -0.3 is 15.4 Å². The quantitative estimate of drug-likeness (QED) is 0.701. The van der Waals surface area contributed by atoms with Crippen LogP contribution in [-0.2, 0) is 14.3 Å². The van der Waals surface area contributed by atoms with Gasteiger partial charge in [0.15, 0.2) is 0 Å². The number of amides is 1. The van der Waals surface area contributed by atoms with E-state index in [-0.39, 0.29) is 24.3 Å². The van der Waals surface area contributed by atoms with E-state index in [1.54, 1.807) is 18.7 Å². The van der Waals surface area contributed by atoms with E-state index in [1.807, 2.05) is 0 Å². The molecule has 1 aliphatic heterocycles. The van der Waals surface area contributed by atoms with Crippen LogP contribution in [0.5, 0.6) is 0 Å². The average molecular weight is 228 g/mol. The summed E-state index contributed by atoms with van der Waals surface area (Å²) >= 11 is 0. The molecular formula is C11H20N2O3. The molecule has 1 unspecified atom stereocenters. The van der Waals surface area contributed by atoms with Gasteiger partial charge in [-0.3, -0.25) is 9.59 Å². The van der Waals surface area contributed by atoms with Crippen LogP contribution < -0.4 is 5.73 Å². The van der Waals surface area contributed by atoms with Crippen molar-refractivity contribution >= 4 is 11.9 Å². The van der Waals surface area contributed by atoms with Crippen molar-refractivity contribution in [3.8, 4) is 0 Å². The molecule has 16 heavy (non-hydrogen) atoms. The molecule has 1 amide bonds. The predicted octanol–water partition coefficient (Wildman–Crippen LogP) is 0.278. The number of carbonyl (C=O) groups excluding carboxylic acids is 2. The standard InChI is InChI=1S/C11H20N2O3/c1-3-16-10(14)7-9-5-4-6-13(9)11(15)8(2)12/h8-9H,3-7,12H2,1-2H3/t8-,9?/m0/s1. The lowest BCUT2D eigenvalue weighted by Gasteiger charge is -2.25. The van der Waals surface area contributed by atoms with E-state index < -0.39 is 6.04 Å². The maximum absolute atomic E-state index is 11.7. The van der Waals surface area contributed by atoms with Crippen LogP contribution in [0.3, 0.4) is 0 Å². The Morgan fingerprint density at radius 3 is 2.81 bits per heavy atom. The Bertz CT molecular complexity index is 266. The number of ether oxygens (including phenoxy) is 1. The highest BCUT2D eigenvalue weighted by Gasteiger charge is 2.31. The third-order valence-corrected chi connectivity index (χ3v) is 2.76. The summed E-state index contributed by atoms with van der Waals surface area (Å²) in [6.45, 7) is 4.52. The van der Waals surface area contributed by atoms with E-state index >= 15 is 0 Å². The molecule has 1 heterocycles. The lowest BCUT2D eigenvalue weighted by Crippen LogP contribution is -2.45. The van der Waals surface area contributed by atoms with Crippen molar-refractivity contribution in [1.82, 2.24) is 4.90 Å². The summed E-state index contributed by atoms with van der Waals surface area (Å²) in [6, 6.07) is -0.527. The Balaban J connectivity index is 2.52. The zero-order valence-corrected chi connectivity index (χ0v) is 9.94. The molecule has 0 aliphatic carbocycles. The highest BCUT2D eigenvalue weighted by Crippen LogP contribution is 2.21. The second-order valence-electron chi connectivity index (χ2n) is 4.13. The first-order valence-electron chi connectivity index (χ1n) is 5.78. The first-order chi connectivity index (χ1) is 7.56. The maximum Gasteiger partial charge on any atom is 0.307 e. The number of carbonyl (C=O) groups is 2. The largest absolute Gasteiger partial charge is 0.466 e. The Hall–Kier alpha value is -1.10. The molecule has 0 aromatic rings. The number of nitrogens with two attached hydrogens (primary N) is 1. The van der Waals surface area contributed by atoms with Gasteiger partial charge in [0.1, 0.15) is 0 Å². The fourth-order valence-electron chi connectivity index (χ4n) is 2.01. The topological polar surface area (TPSA) is 72.6 Å². The molecule has 1 fully saturated rings. The molecule has 92 valence electrons. The molecule has 0 aromatic carbocycles. The van der Waals surface area contributed by atoms with Crippen molar-refractivity contribution in [1.29, 1.82) is 0 Å². The van der Waals surface area contributed by atoms with Crippen LogP contribution in [0.1, 0.15) is 33.1 Å². The lowest BCUT2D eigenvalue weighted by molar-refractivity contribution is -0.145. The van der Waals surface area contributed by atoms with Crippen molar-refractivity contribution in [2.24, 2.45) is 5.73 Å². The molecule has 5 heteroatoms. The van der Waals surface area contributed by atoms with Crippen LogP contribution in [0, 0.1) is 0 Å². The van der Waals surface area contributed by atoms with E-state index in [9.17, 15) is 9.59 Å². The first-order valence-corrected chi connectivity index (χ1v) is 5.78. The van der Waals surface area contributed by atoms with Gasteiger partial charge in [0.2, 0.25) is 5.91 Å². The van der Waals surface area contributed by atoms with E-state index in [0.29, 0.717) is 13.2 Å². The van der Waals surface area contributed by atoms with Crippen LogP contribution in [0.2, 0.25) is 0 Å². The third kappa shape index (κ3) is 3.20. The molecule has 0 spiro atoms. The highest BCUT2D eigenvalue weighted by molar-refractivity contribution is 5.82. The van der Waals surface area contributed by atoms with Crippen LogP contribution in [-0.4, -0.2) is 42.0 Å². The van der Waals surface area contributed by atoms with Crippen molar-refractivity contribution in [3.63, 3.8) is 0 Å². The maximum atomic E-state index is 11.7. The van der Waals surface area contributed by atoms with Gasteiger partial charge in [-0.2, -0.15) is 0 Å². The summed E-state index contributed by atoms with van der Waals surface area (Å²) in [7, 11) is 0. The van der Waals surface area contributed by atoms with Gasteiger partial charge in [0.25, 0.3) is 0 Å². The minimum absolute atomic E-state index is 0.0300. The van der Waals surface area contributed by atoms with Crippen LogP contribution >= 0.6 is 0 Å². The van der Waals surface area contributed by atoms with E-state index in [4.69, 9.17) is 10.5 Å². The zero-order chi connectivity index (χ0) is 12.1. The van der Waals surface area contributed by atoms with Gasteiger partial charge >= 0.3 is 5.97 Å². The number of hydrogen-bond acceptors (Lipinski definition) is 4. The third-order valence-electron chi connectivity index (χ3n) is 2.76. The normalized spacial score (nSPS) is 21.9. The number of rotatable bonds is 4. The minimum atomic E-state index is -0.497. The fraction of sp³-hybridized carbons (Fsp3) is 0.818. The second-order valence-corrected chi connectivity index (χ2v) is 4.13. The van der Waals surface area contributed by atoms with Gasteiger partial charge in [-0.25, -0.2) is 0 Å².